The monoisotopic (exact) mass is 273 g/mol. The first-order valence-electron chi connectivity index (χ1n) is 5.86. The molecule has 4 heteroatoms. The molecule has 3 N–H and O–H groups in total. The molecule has 1 atom stereocenters. The Hall–Kier alpha value is -1.97. The Bertz CT molecular complexity index is 736. The first kappa shape index (κ1) is 12.1. The molecule has 0 aliphatic rings. The first-order valence-corrected chi connectivity index (χ1v) is 6.24. The summed E-state index contributed by atoms with van der Waals surface area (Å²) in [5.74, 6) is 0.453. The van der Waals surface area contributed by atoms with Gasteiger partial charge in [0.1, 0.15) is 11.9 Å². The van der Waals surface area contributed by atoms with Crippen LogP contribution in [0, 0.1) is 0 Å². The number of hydrogen-bond donors (Lipinski definition) is 2. The van der Waals surface area contributed by atoms with Gasteiger partial charge in [-0.1, -0.05) is 35.9 Å². The molecule has 0 spiro atoms. The molecule has 0 radical (unpaired) electrons. The summed E-state index contributed by atoms with van der Waals surface area (Å²) < 4.78 is 5.63. The molecule has 1 heterocycles. The number of aliphatic hydroxyl groups excluding tert-OH is 1. The molecule has 0 aliphatic carbocycles. The standard InChI is InChI=1S/C15H12ClNO2/c16-12-6-2-4-10-8-13(19-15(10)12)14(18)9-3-1-5-11(17)7-9/h1-8,14,18H,17H2. The predicted molar refractivity (Wildman–Crippen MR) is 76.1 cm³/mol. The van der Waals surface area contributed by atoms with Crippen LogP contribution in [0.1, 0.15) is 17.4 Å². The number of nitrogens with two attached hydrogens (primary N) is 1. The Morgan fingerprint density at radius 2 is 1.89 bits per heavy atom. The van der Waals surface area contributed by atoms with Gasteiger partial charge in [0.25, 0.3) is 0 Å². The highest BCUT2D eigenvalue weighted by molar-refractivity contribution is 6.34. The van der Waals surface area contributed by atoms with Crippen LogP contribution in [-0.2, 0) is 0 Å². The van der Waals surface area contributed by atoms with E-state index in [0.29, 0.717) is 27.6 Å². The van der Waals surface area contributed by atoms with Crippen molar-refractivity contribution < 1.29 is 9.52 Å². The highest BCUT2D eigenvalue weighted by Gasteiger charge is 2.16. The fourth-order valence-electron chi connectivity index (χ4n) is 2.08. The number of furan rings is 1. The van der Waals surface area contributed by atoms with Crippen LogP contribution in [0.2, 0.25) is 5.02 Å². The van der Waals surface area contributed by atoms with E-state index in [4.69, 9.17) is 21.8 Å². The van der Waals surface area contributed by atoms with Crippen molar-refractivity contribution in [1.29, 1.82) is 0 Å². The van der Waals surface area contributed by atoms with Crippen molar-refractivity contribution in [2.45, 2.75) is 6.10 Å². The van der Waals surface area contributed by atoms with Gasteiger partial charge in [-0.15, -0.1) is 0 Å². The lowest BCUT2D eigenvalue weighted by Gasteiger charge is -2.08. The summed E-state index contributed by atoms with van der Waals surface area (Å²) in [5, 5.41) is 11.7. The lowest BCUT2D eigenvalue weighted by Crippen LogP contribution is -1.98. The van der Waals surface area contributed by atoms with Gasteiger partial charge in [0.2, 0.25) is 0 Å². The number of aliphatic hydroxyl groups is 1. The third-order valence-electron chi connectivity index (χ3n) is 3.01. The topological polar surface area (TPSA) is 59.4 Å². The molecule has 1 unspecified atom stereocenters. The van der Waals surface area contributed by atoms with Gasteiger partial charge < -0.3 is 15.3 Å². The van der Waals surface area contributed by atoms with E-state index in [-0.39, 0.29) is 0 Å². The number of benzene rings is 2. The Kier molecular flexibility index (Phi) is 2.93. The number of fused-ring (bicyclic) bond motifs is 1. The van der Waals surface area contributed by atoms with Crippen LogP contribution in [0.5, 0.6) is 0 Å². The van der Waals surface area contributed by atoms with Crippen molar-refractivity contribution >= 4 is 28.3 Å². The van der Waals surface area contributed by atoms with Gasteiger partial charge in [0.05, 0.1) is 5.02 Å². The van der Waals surface area contributed by atoms with E-state index in [1.165, 1.54) is 0 Å². The summed E-state index contributed by atoms with van der Waals surface area (Å²) in [6.07, 6.45) is -0.855. The van der Waals surface area contributed by atoms with Crippen molar-refractivity contribution in [2.75, 3.05) is 5.73 Å². The van der Waals surface area contributed by atoms with Gasteiger partial charge in [-0.3, -0.25) is 0 Å². The number of hydrogen-bond acceptors (Lipinski definition) is 3. The molecule has 0 amide bonds. The zero-order valence-corrected chi connectivity index (χ0v) is 10.8. The number of nitrogen functional groups attached to an aromatic ring is 1. The second-order valence-electron chi connectivity index (χ2n) is 4.38. The molecule has 0 saturated heterocycles. The number of halogens is 1. The average molecular weight is 274 g/mol. The molecule has 96 valence electrons. The largest absolute Gasteiger partial charge is 0.456 e. The highest BCUT2D eigenvalue weighted by Crippen LogP contribution is 2.32. The summed E-state index contributed by atoms with van der Waals surface area (Å²) >= 11 is 6.05. The first-order chi connectivity index (χ1) is 9.15. The Morgan fingerprint density at radius 3 is 2.63 bits per heavy atom. The third-order valence-corrected chi connectivity index (χ3v) is 3.31. The SMILES string of the molecule is Nc1cccc(C(O)c2cc3cccc(Cl)c3o2)c1. The second-order valence-corrected chi connectivity index (χ2v) is 4.79. The average Bonchev–Trinajstić information content (AvgIpc) is 2.83. The lowest BCUT2D eigenvalue weighted by atomic mass is 10.1. The van der Waals surface area contributed by atoms with Gasteiger partial charge in [-0.2, -0.15) is 0 Å². The zero-order valence-electron chi connectivity index (χ0n) is 10.0. The minimum atomic E-state index is -0.855. The summed E-state index contributed by atoms with van der Waals surface area (Å²) in [7, 11) is 0. The van der Waals surface area contributed by atoms with E-state index in [1.807, 2.05) is 12.1 Å². The number of rotatable bonds is 2. The fourth-order valence-corrected chi connectivity index (χ4v) is 2.30. The highest BCUT2D eigenvalue weighted by atomic mass is 35.5. The number of anilines is 1. The van der Waals surface area contributed by atoms with Crippen LogP contribution < -0.4 is 5.73 Å². The summed E-state index contributed by atoms with van der Waals surface area (Å²) in [5.41, 5.74) is 7.59. The van der Waals surface area contributed by atoms with Crippen LogP contribution in [-0.4, -0.2) is 5.11 Å². The van der Waals surface area contributed by atoms with Crippen LogP contribution in [0.15, 0.2) is 52.9 Å². The van der Waals surface area contributed by atoms with Crippen molar-refractivity contribution in [3.05, 3.63) is 64.9 Å². The quantitative estimate of drug-likeness (QED) is 0.699. The van der Waals surface area contributed by atoms with Crippen molar-refractivity contribution in [3.8, 4) is 0 Å². The van der Waals surface area contributed by atoms with Crippen LogP contribution in [0.4, 0.5) is 5.69 Å². The smallest absolute Gasteiger partial charge is 0.153 e. The van der Waals surface area contributed by atoms with E-state index < -0.39 is 6.10 Å². The van der Waals surface area contributed by atoms with E-state index in [9.17, 15) is 5.11 Å². The predicted octanol–water partition coefficient (Wildman–Crippen LogP) is 3.75. The molecule has 19 heavy (non-hydrogen) atoms. The molecule has 2 aromatic carbocycles. The molecule has 0 bridgehead atoms. The zero-order chi connectivity index (χ0) is 13.4. The maximum absolute atomic E-state index is 10.3. The van der Waals surface area contributed by atoms with E-state index in [0.717, 1.165) is 5.39 Å². The third kappa shape index (κ3) is 2.18. The fraction of sp³-hybridized carbons (Fsp3) is 0.0667. The molecule has 3 aromatic rings. The van der Waals surface area contributed by atoms with Gasteiger partial charge in [0, 0.05) is 11.1 Å². The Balaban J connectivity index is 2.06. The normalized spacial score (nSPS) is 12.7. The molecule has 0 fully saturated rings. The molecular weight excluding hydrogens is 262 g/mol. The van der Waals surface area contributed by atoms with Gasteiger partial charge in [0.15, 0.2) is 5.58 Å². The summed E-state index contributed by atoms with van der Waals surface area (Å²) in [4.78, 5) is 0. The summed E-state index contributed by atoms with van der Waals surface area (Å²) in [6.45, 7) is 0. The van der Waals surface area contributed by atoms with Gasteiger partial charge in [-0.25, -0.2) is 0 Å². The van der Waals surface area contributed by atoms with E-state index >= 15 is 0 Å². The molecular formula is C15H12ClNO2. The van der Waals surface area contributed by atoms with Crippen LogP contribution in [0.3, 0.4) is 0 Å². The molecule has 3 nitrogen and oxygen atoms in total. The molecule has 0 aliphatic heterocycles. The van der Waals surface area contributed by atoms with E-state index in [2.05, 4.69) is 0 Å². The van der Waals surface area contributed by atoms with E-state index in [1.54, 1.807) is 36.4 Å². The Labute approximate surface area is 115 Å². The van der Waals surface area contributed by atoms with Gasteiger partial charge in [-0.05, 0) is 29.8 Å². The maximum Gasteiger partial charge on any atom is 0.153 e. The van der Waals surface area contributed by atoms with Crippen molar-refractivity contribution in [2.24, 2.45) is 0 Å². The molecule has 1 aromatic heterocycles. The van der Waals surface area contributed by atoms with Crippen LogP contribution in [0.25, 0.3) is 11.0 Å². The minimum Gasteiger partial charge on any atom is -0.456 e. The minimum absolute atomic E-state index is 0.453. The van der Waals surface area contributed by atoms with Crippen LogP contribution >= 0.6 is 11.6 Å². The number of para-hydroxylation sites is 1. The maximum atomic E-state index is 10.3. The molecule has 0 saturated carbocycles. The second kappa shape index (κ2) is 4.61. The lowest BCUT2D eigenvalue weighted by molar-refractivity contribution is 0.192. The van der Waals surface area contributed by atoms with Crippen molar-refractivity contribution in [1.82, 2.24) is 0 Å². The summed E-state index contributed by atoms with van der Waals surface area (Å²) in [6, 6.07) is 14.4. The molecule has 3 rings (SSSR count). The Morgan fingerprint density at radius 1 is 1.11 bits per heavy atom. The van der Waals surface area contributed by atoms with Gasteiger partial charge >= 0.3 is 0 Å². The van der Waals surface area contributed by atoms with Crippen molar-refractivity contribution in [3.63, 3.8) is 0 Å².